The van der Waals surface area contributed by atoms with E-state index in [1.54, 1.807) is 6.07 Å². The van der Waals surface area contributed by atoms with Gasteiger partial charge in [0.05, 0.1) is 31.1 Å². The molecule has 0 spiro atoms. The number of ether oxygens (including phenoxy) is 1. The Hall–Kier alpha value is -3.60. The van der Waals surface area contributed by atoms with Gasteiger partial charge < -0.3 is 25.6 Å². The Labute approximate surface area is 230 Å². The van der Waals surface area contributed by atoms with Gasteiger partial charge in [0.25, 0.3) is 0 Å². The molecular weight excluding hydrogens is 518 g/mol. The lowest BCUT2D eigenvalue weighted by Gasteiger charge is -2.19. The van der Waals surface area contributed by atoms with Gasteiger partial charge in [0.1, 0.15) is 11.5 Å². The third-order valence-electron chi connectivity index (χ3n) is 6.01. The van der Waals surface area contributed by atoms with Crippen LogP contribution in [0.3, 0.4) is 0 Å². The second-order valence-corrected chi connectivity index (χ2v) is 11.2. The van der Waals surface area contributed by atoms with Gasteiger partial charge in [-0.05, 0) is 55.2 Å². The number of aliphatic hydroxyl groups is 1. The van der Waals surface area contributed by atoms with Crippen LogP contribution in [-0.4, -0.2) is 50.0 Å². The van der Waals surface area contributed by atoms with Gasteiger partial charge in [0.15, 0.2) is 0 Å². The number of anilines is 1. The minimum Gasteiger partial charge on any atom is -0.506 e. The third kappa shape index (κ3) is 9.90. The Morgan fingerprint density at radius 1 is 1.03 bits per heavy atom. The van der Waals surface area contributed by atoms with Crippen LogP contribution in [0, 0.1) is 0 Å². The summed E-state index contributed by atoms with van der Waals surface area (Å²) in [6, 6.07) is 19.8. The molecule has 0 saturated heterocycles. The van der Waals surface area contributed by atoms with Crippen molar-refractivity contribution in [2.24, 2.45) is 0 Å². The first-order chi connectivity index (χ1) is 18.5. The highest BCUT2D eigenvalue weighted by atomic mass is 32.2. The molecule has 3 aromatic rings. The van der Waals surface area contributed by atoms with E-state index in [1.807, 2.05) is 62.4 Å². The zero-order valence-electron chi connectivity index (χ0n) is 22.5. The zero-order valence-corrected chi connectivity index (χ0v) is 23.3. The van der Waals surface area contributed by atoms with Crippen LogP contribution < -0.4 is 20.1 Å². The maximum Gasteiger partial charge on any atom is 0.229 e. The Bertz CT molecular complexity index is 1360. The average molecular weight is 556 g/mol. The number of carbonyl (C=O) groups is 1. The molecule has 2 atom stereocenters. The first kappa shape index (κ1) is 29.9. The molecule has 0 aliphatic rings. The summed E-state index contributed by atoms with van der Waals surface area (Å²) in [7, 11) is -3.57. The lowest BCUT2D eigenvalue weighted by Crippen LogP contribution is -2.32. The SMILES string of the molecule is CCOc1ccccc1CNC(=O)Cc1cccc(C[C@@H](C)NC[C@H](O)c2ccc(O)c(NS(C)(=O)=O)c2)c1. The number of hydrogen-bond donors (Lipinski definition) is 5. The normalized spacial score (nSPS) is 12.9. The molecule has 0 fully saturated rings. The van der Waals surface area contributed by atoms with Gasteiger partial charge >= 0.3 is 0 Å². The summed E-state index contributed by atoms with van der Waals surface area (Å²) in [6.07, 6.45) is 1.02. The zero-order chi connectivity index (χ0) is 28.4. The number of carbonyl (C=O) groups excluding carboxylic acids is 1. The molecule has 0 saturated carbocycles. The number of para-hydroxylation sites is 1. The van der Waals surface area contributed by atoms with Crippen molar-refractivity contribution in [2.75, 3.05) is 24.1 Å². The van der Waals surface area contributed by atoms with Gasteiger partial charge in [-0.15, -0.1) is 0 Å². The van der Waals surface area contributed by atoms with E-state index >= 15 is 0 Å². The van der Waals surface area contributed by atoms with E-state index < -0.39 is 16.1 Å². The van der Waals surface area contributed by atoms with Gasteiger partial charge in [-0.2, -0.15) is 0 Å². The van der Waals surface area contributed by atoms with Crippen LogP contribution in [0.1, 0.15) is 42.2 Å². The molecule has 5 N–H and O–H groups in total. The molecule has 0 bridgehead atoms. The van der Waals surface area contributed by atoms with Crippen LogP contribution >= 0.6 is 0 Å². The van der Waals surface area contributed by atoms with E-state index in [4.69, 9.17) is 4.74 Å². The molecule has 0 aliphatic carbocycles. The number of sulfonamides is 1. The number of nitrogens with one attached hydrogen (secondary N) is 3. The van der Waals surface area contributed by atoms with Crippen LogP contribution in [0.5, 0.6) is 11.5 Å². The van der Waals surface area contributed by atoms with Crippen molar-refractivity contribution >= 4 is 21.6 Å². The summed E-state index contributed by atoms with van der Waals surface area (Å²) in [5.41, 5.74) is 3.38. The second-order valence-electron chi connectivity index (χ2n) is 9.49. The molecule has 10 heteroatoms. The van der Waals surface area contributed by atoms with Gasteiger partial charge in [0, 0.05) is 24.7 Å². The molecule has 3 aromatic carbocycles. The van der Waals surface area contributed by atoms with Crippen LogP contribution in [-0.2, 0) is 34.2 Å². The number of phenols is 1. The largest absolute Gasteiger partial charge is 0.506 e. The topological polar surface area (TPSA) is 137 Å². The monoisotopic (exact) mass is 555 g/mol. The van der Waals surface area contributed by atoms with Crippen LogP contribution in [0.4, 0.5) is 5.69 Å². The van der Waals surface area contributed by atoms with Crippen molar-refractivity contribution in [1.29, 1.82) is 0 Å². The maximum absolute atomic E-state index is 12.6. The number of phenolic OH excluding ortho intramolecular Hbond substituents is 1. The molecular formula is C29H37N3O6S. The van der Waals surface area contributed by atoms with E-state index in [1.165, 1.54) is 12.1 Å². The first-order valence-corrected chi connectivity index (χ1v) is 14.7. The molecule has 1 amide bonds. The predicted octanol–water partition coefficient (Wildman–Crippen LogP) is 3.28. The molecule has 3 rings (SSSR count). The molecule has 0 radical (unpaired) electrons. The van der Waals surface area contributed by atoms with E-state index in [2.05, 4.69) is 15.4 Å². The van der Waals surface area contributed by atoms with E-state index in [0.717, 1.165) is 28.7 Å². The fourth-order valence-electron chi connectivity index (χ4n) is 4.15. The lowest BCUT2D eigenvalue weighted by molar-refractivity contribution is -0.120. The van der Waals surface area contributed by atoms with Crippen molar-refractivity contribution in [3.63, 3.8) is 0 Å². The smallest absolute Gasteiger partial charge is 0.229 e. The summed E-state index contributed by atoms with van der Waals surface area (Å²) < 4.78 is 30.9. The second kappa shape index (κ2) is 14.0. The van der Waals surface area contributed by atoms with Gasteiger partial charge in [-0.1, -0.05) is 48.5 Å². The van der Waals surface area contributed by atoms with Crippen molar-refractivity contribution in [2.45, 2.75) is 45.4 Å². The Balaban J connectivity index is 1.50. The van der Waals surface area contributed by atoms with Crippen LogP contribution in [0.25, 0.3) is 0 Å². The fraction of sp³-hybridized carbons (Fsp3) is 0.345. The highest BCUT2D eigenvalue weighted by molar-refractivity contribution is 7.92. The van der Waals surface area contributed by atoms with E-state index in [0.29, 0.717) is 25.1 Å². The van der Waals surface area contributed by atoms with Gasteiger partial charge in [0.2, 0.25) is 15.9 Å². The highest BCUT2D eigenvalue weighted by Crippen LogP contribution is 2.27. The van der Waals surface area contributed by atoms with Crippen molar-refractivity contribution in [3.05, 3.63) is 89.0 Å². The van der Waals surface area contributed by atoms with Crippen molar-refractivity contribution < 1.29 is 28.2 Å². The maximum atomic E-state index is 12.6. The summed E-state index contributed by atoms with van der Waals surface area (Å²) >= 11 is 0. The fourth-order valence-corrected chi connectivity index (χ4v) is 4.72. The highest BCUT2D eigenvalue weighted by Gasteiger charge is 2.15. The number of amides is 1. The van der Waals surface area contributed by atoms with Crippen molar-refractivity contribution in [1.82, 2.24) is 10.6 Å². The predicted molar refractivity (Wildman–Crippen MR) is 152 cm³/mol. The summed E-state index contributed by atoms with van der Waals surface area (Å²) in [5.74, 6) is 0.471. The summed E-state index contributed by atoms with van der Waals surface area (Å²) in [4.78, 5) is 12.6. The molecule has 0 heterocycles. The molecule has 0 aliphatic heterocycles. The third-order valence-corrected chi connectivity index (χ3v) is 6.60. The molecule has 39 heavy (non-hydrogen) atoms. The minimum absolute atomic E-state index is 0.0152. The van der Waals surface area contributed by atoms with E-state index in [-0.39, 0.29) is 36.4 Å². The Morgan fingerprint density at radius 3 is 2.51 bits per heavy atom. The summed E-state index contributed by atoms with van der Waals surface area (Å²) in [5, 5.41) is 26.7. The summed E-state index contributed by atoms with van der Waals surface area (Å²) in [6.45, 7) is 5.11. The minimum atomic E-state index is -3.57. The number of hydrogen-bond acceptors (Lipinski definition) is 7. The number of aliphatic hydroxyl groups excluding tert-OH is 1. The van der Waals surface area contributed by atoms with Gasteiger partial charge in [-0.25, -0.2) is 8.42 Å². The van der Waals surface area contributed by atoms with Crippen molar-refractivity contribution in [3.8, 4) is 11.5 Å². The molecule has 210 valence electrons. The standard InChI is InChI=1S/C29H37N3O6S/c1-4-38-28-11-6-5-10-24(28)18-31-29(35)16-22-9-7-8-21(15-22)14-20(2)30-19-27(34)23-12-13-26(33)25(17-23)32-39(3,36)37/h5-13,15,17,20,27,30,32-34H,4,14,16,18-19H2,1-3H3,(H,31,35)/t20-,27+/m1/s1. The Kier molecular flexibility index (Phi) is 10.7. The lowest BCUT2D eigenvalue weighted by atomic mass is 10.0. The number of aromatic hydroxyl groups is 1. The number of rotatable bonds is 14. The van der Waals surface area contributed by atoms with Crippen LogP contribution in [0.15, 0.2) is 66.7 Å². The molecule has 0 unspecified atom stereocenters. The quantitative estimate of drug-likeness (QED) is 0.193. The Morgan fingerprint density at radius 2 is 1.77 bits per heavy atom. The average Bonchev–Trinajstić information content (AvgIpc) is 2.87. The van der Waals surface area contributed by atoms with E-state index in [9.17, 15) is 23.4 Å². The van der Waals surface area contributed by atoms with Gasteiger partial charge in [-0.3, -0.25) is 9.52 Å². The molecule has 0 aromatic heterocycles. The first-order valence-electron chi connectivity index (χ1n) is 12.8. The molecule has 9 nitrogen and oxygen atoms in total. The van der Waals surface area contributed by atoms with Crippen LogP contribution in [0.2, 0.25) is 0 Å². The number of benzene rings is 3.